The molecule has 156 valence electrons. The van der Waals surface area contributed by atoms with E-state index in [4.69, 9.17) is 4.99 Å². The Morgan fingerprint density at radius 3 is 2.62 bits per heavy atom. The van der Waals surface area contributed by atoms with Crippen LogP contribution >= 0.6 is 33.9 Å². The lowest BCUT2D eigenvalue weighted by Gasteiger charge is -2.30. The average molecular weight is 546 g/mol. The standard InChI is InChI=1S/C27H19IN2OS/c28-20-11-6-7-17(15-20)16-23-26(31)30-25(19-9-2-1-3-10-19)22-14-13-18-8-4-5-12-21(18)24(22)29-27(30)32-23/h1-12,15-16,25H,13-14H2/b23-16-/t25-/m1/s1. The Morgan fingerprint density at radius 2 is 1.78 bits per heavy atom. The molecule has 4 aromatic rings. The first-order chi connectivity index (χ1) is 15.7. The van der Waals surface area contributed by atoms with Gasteiger partial charge in [-0.3, -0.25) is 9.36 Å². The molecule has 0 saturated carbocycles. The van der Waals surface area contributed by atoms with Gasteiger partial charge in [0, 0.05) is 9.13 Å². The lowest BCUT2D eigenvalue weighted by atomic mass is 9.83. The highest BCUT2D eigenvalue weighted by Gasteiger charge is 2.32. The van der Waals surface area contributed by atoms with Crippen LogP contribution in [0, 0.1) is 3.57 Å². The van der Waals surface area contributed by atoms with E-state index in [-0.39, 0.29) is 11.6 Å². The number of hydrogen-bond donors (Lipinski definition) is 0. The van der Waals surface area contributed by atoms with Crippen LogP contribution in [0.2, 0.25) is 0 Å². The van der Waals surface area contributed by atoms with Crippen molar-refractivity contribution in [3.63, 3.8) is 0 Å². The predicted molar refractivity (Wildman–Crippen MR) is 138 cm³/mol. The predicted octanol–water partition coefficient (Wildman–Crippen LogP) is 4.92. The summed E-state index contributed by atoms with van der Waals surface area (Å²) in [4.78, 5) is 19.5. The third kappa shape index (κ3) is 3.31. The van der Waals surface area contributed by atoms with Gasteiger partial charge < -0.3 is 0 Å². The zero-order chi connectivity index (χ0) is 21.7. The lowest BCUT2D eigenvalue weighted by Crippen LogP contribution is -2.38. The molecule has 0 unspecified atom stereocenters. The second kappa shape index (κ2) is 7.98. The maximum absolute atomic E-state index is 13.7. The molecular formula is C27H19IN2OS. The number of halogens is 1. The van der Waals surface area contributed by atoms with Crippen molar-refractivity contribution in [3.05, 3.63) is 130 Å². The van der Waals surface area contributed by atoms with Crippen molar-refractivity contribution < 1.29 is 0 Å². The minimum Gasteiger partial charge on any atom is -0.272 e. The maximum Gasteiger partial charge on any atom is 0.271 e. The number of benzene rings is 3. The van der Waals surface area contributed by atoms with Crippen LogP contribution in [0.15, 0.2) is 94.2 Å². The van der Waals surface area contributed by atoms with Crippen molar-refractivity contribution in [1.82, 2.24) is 4.57 Å². The van der Waals surface area contributed by atoms with Crippen LogP contribution < -0.4 is 14.9 Å². The summed E-state index contributed by atoms with van der Waals surface area (Å²) < 4.78 is 3.78. The van der Waals surface area contributed by atoms with Crippen molar-refractivity contribution in [2.24, 2.45) is 4.99 Å². The number of rotatable bonds is 2. The molecule has 3 aromatic carbocycles. The number of allylic oxidation sites excluding steroid dienone is 1. The SMILES string of the molecule is O=c1/c(=C/c2cccc(I)c2)sc2n1[C@H](c1ccccc1)C1=C(N=2)c2ccccc2CC1. The molecule has 1 aliphatic heterocycles. The van der Waals surface area contributed by atoms with Crippen LogP contribution in [-0.4, -0.2) is 4.57 Å². The summed E-state index contributed by atoms with van der Waals surface area (Å²) in [5.74, 6) is 0. The second-order valence-corrected chi connectivity index (χ2v) is 10.3. The van der Waals surface area contributed by atoms with E-state index in [9.17, 15) is 4.79 Å². The molecule has 1 atom stereocenters. The number of nitrogens with zero attached hydrogens (tertiary/aromatic N) is 2. The van der Waals surface area contributed by atoms with E-state index in [1.807, 2.05) is 41.0 Å². The van der Waals surface area contributed by atoms with Crippen LogP contribution in [0.4, 0.5) is 0 Å². The summed E-state index contributed by atoms with van der Waals surface area (Å²) in [6, 6.07) is 27.0. The van der Waals surface area contributed by atoms with Crippen molar-refractivity contribution in [2.75, 3.05) is 0 Å². The van der Waals surface area contributed by atoms with Gasteiger partial charge in [0.2, 0.25) is 0 Å². The molecule has 5 heteroatoms. The first-order valence-electron chi connectivity index (χ1n) is 10.6. The normalized spacial score (nSPS) is 17.4. The topological polar surface area (TPSA) is 34.4 Å². The molecule has 0 saturated heterocycles. The number of fused-ring (bicyclic) bond motifs is 3. The van der Waals surface area contributed by atoms with Gasteiger partial charge in [-0.25, -0.2) is 4.99 Å². The third-order valence-electron chi connectivity index (χ3n) is 6.13. The van der Waals surface area contributed by atoms with Crippen molar-refractivity contribution >= 4 is 45.7 Å². The van der Waals surface area contributed by atoms with Crippen LogP contribution in [0.5, 0.6) is 0 Å². The number of aryl methyl sites for hydroxylation is 1. The minimum absolute atomic E-state index is 0.0341. The number of thiazole rings is 1. The fourth-order valence-electron chi connectivity index (χ4n) is 4.71. The molecule has 32 heavy (non-hydrogen) atoms. The van der Waals surface area contributed by atoms with Gasteiger partial charge in [0.1, 0.15) is 0 Å². The Balaban J connectivity index is 1.63. The molecule has 0 spiro atoms. The van der Waals surface area contributed by atoms with Crippen molar-refractivity contribution in [1.29, 1.82) is 0 Å². The Bertz CT molecular complexity index is 1560. The Labute approximate surface area is 203 Å². The molecule has 3 nitrogen and oxygen atoms in total. The molecule has 0 radical (unpaired) electrons. The molecule has 0 amide bonds. The van der Waals surface area contributed by atoms with Crippen molar-refractivity contribution in [3.8, 4) is 0 Å². The first kappa shape index (κ1) is 19.9. The largest absolute Gasteiger partial charge is 0.272 e. The van der Waals surface area contributed by atoms with Gasteiger partial charge in [-0.15, -0.1) is 0 Å². The fourth-order valence-corrected chi connectivity index (χ4v) is 6.27. The van der Waals surface area contributed by atoms with Gasteiger partial charge in [0.05, 0.1) is 16.3 Å². The van der Waals surface area contributed by atoms with Gasteiger partial charge >= 0.3 is 0 Å². The molecule has 6 rings (SSSR count). The highest BCUT2D eigenvalue weighted by Crippen LogP contribution is 2.41. The summed E-state index contributed by atoms with van der Waals surface area (Å²) in [5, 5.41) is 0. The minimum atomic E-state index is -0.117. The van der Waals surface area contributed by atoms with E-state index in [0.717, 1.165) is 42.6 Å². The van der Waals surface area contributed by atoms with E-state index >= 15 is 0 Å². The molecule has 0 bridgehead atoms. The monoisotopic (exact) mass is 546 g/mol. The quantitative estimate of drug-likeness (QED) is 0.329. The lowest BCUT2D eigenvalue weighted by molar-refractivity contribution is 0.585. The summed E-state index contributed by atoms with van der Waals surface area (Å²) in [5.41, 5.74) is 7.02. The highest BCUT2D eigenvalue weighted by molar-refractivity contribution is 14.1. The zero-order valence-corrected chi connectivity index (χ0v) is 20.1. The van der Waals surface area contributed by atoms with Crippen LogP contribution in [-0.2, 0) is 6.42 Å². The number of hydrogen-bond acceptors (Lipinski definition) is 3. The Hall–Kier alpha value is -2.77. The third-order valence-corrected chi connectivity index (χ3v) is 7.79. The van der Waals surface area contributed by atoms with E-state index in [1.165, 1.54) is 28.0 Å². The smallest absolute Gasteiger partial charge is 0.271 e. The zero-order valence-electron chi connectivity index (χ0n) is 17.2. The van der Waals surface area contributed by atoms with Crippen LogP contribution in [0.3, 0.4) is 0 Å². The molecule has 2 aliphatic rings. The van der Waals surface area contributed by atoms with E-state index in [1.54, 1.807) is 0 Å². The van der Waals surface area contributed by atoms with E-state index in [2.05, 4.69) is 71.1 Å². The van der Waals surface area contributed by atoms with Crippen molar-refractivity contribution in [2.45, 2.75) is 18.9 Å². The summed E-state index contributed by atoms with van der Waals surface area (Å²) in [6.07, 6.45) is 3.88. The summed E-state index contributed by atoms with van der Waals surface area (Å²) >= 11 is 3.78. The van der Waals surface area contributed by atoms with Gasteiger partial charge in [0.15, 0.2) is 4.80 Å². The average Bonchev–Trinajstić information content (AvgIpc) is 3.13. The molecular weight excluding hydrogens is 527 g/mol. The van der Waals surface area contributed by atoms with Crippen LogP contribution in [0.1, 0.15) is 34.7 Å². The second-order valence-electron chi connectivity index (χ2n) is 8.08. The van der Waals surface area contributed by atoms with E-state index < -0.39 is 0 Å². The van der Waals surface area contributed by atoms with Crippen LogP contribution in [0.25, 0.3) is 11.8 Å². The fraction of sp³-hybridized carbons (Fsp3) is 0.111. The Morgan fingerprint density at radius 1 is 0.969 bits per heavy atom. The summed E-state index contributed by atoms with van der Waals surface area (Å²) in [6.45, 7) is 0. The van der Waals surface area contributed by atoms with Gasteiger partial charge in [-0.05, 0) is 75.9 Å². The Kier molecular flexibility index (Phi) is 4.96. The molecule has 2 heterocycles. The summed E-state index contributed by atoms with van der Waals surface area (Å²) in [7, 11) is 0. The highest BCUT2D eigenvalue weighted by atomic mass is 127. The molecule has 0 fully saturated rings. The van der Waals surface area contributed by atoms with Gasteiger partial charge in [0.25, 0.3) is 5.56 Å². The molecule has 0 N–H and O–H groups in total. The van der Waals surface area contributed by atoms with Gasteiger partial charge in [-0.2, -0.15) is 0 Å². The number of aromatic nitrogens is 1. The van der Waals surface area contributed by atoms with Gasteiger partial charge in [-0.1, -0.05) is 78.1 Å². The first-order valence-corrected chi connectivity index (χ1v) is 12.5. The molecule has 1 aromatic heterocycles. The molecule has 1 aliphatic carbocycles. The van der Waals surface area contributed by atoms with E-state index in [0.29, 0.717) is 0 Å². The maximum atomic E-state index is 13.7.